The molecule has 0 aromatic heterocycles. The van der Waals surface area contributed by atoms with Crippen molar-refractivity contribution in [3.05, 3.63) is 23.8 Å². The predicted molar refractivity (Wildman–Crippen MR) is 81.4 cm³/mol. The molecule has 1 saturated carbocycles. The van der Waals surface area contributed by atoms with Gasteiger partial charge in [0, 0.05) is 17.6 Å². The zero-order valence-corrected chi connectivity index (χ0v) is 13.0. The topological polar surface area (TPSA) is 101 Å². The highest BCUT2D eigenvalue weighted by Crippen LogP contribution is 2.26. The van der Waals surface area contributed by atoms with Gasteiger partial charge >= 0.3 is 0 Å². The number of nitrogens with one attached hydrogen (secondary N) is 2. The fourth-order valence-electron chi connectivity index (χ4n) is 2.58. The molecule has 2 rings (SSSR count). The van der Waals surface area contributed by atoms with Gasteiger partial charge in [-0.1, -0.05) is 6.07 Å². The summed E-state index contributed by atoms with van der Waals surface area (Å²) in [5.74, 6) is -0.190. The summed E-state index contributed by atoms with van der Waals surface area (Å²) in [4.78, 5) is 12.3. The van der Waals surface area contributed by atoms with Crippen LogP contribution in [-0.4, -0.2) is 27.4 Å². The number of hydrogen-bond donors (Lipinski definition) is 3. The highest BCUT2D eigenvalue weighted by atomic mass is 32.2. The summed E-state index contributed by atoms with van der Waals surface area (Å²) < 4.78 is 26.1. The van der Waals surface area contributed by atoms with E-state index in [1.807, 2.05) is 0 Å². The van der Waals surface area contributed by atoms with Crippen molar-refractivity contribution < 1.29 is 13.2 Å². The first kappa shape index (κ1) is 15.9. The van der Waals surface area contributed by atoms with E-state index in [4.69, 9.17) is 5.73 Å². The minimum Gasteiger partial charge on any atom is -0.328 e. The first-order valence-electron chi connectivity index (χ1n) is 6.94. The van der Waals surface area contributed by atoms with E-state index in [0.29, 0.717) is 17.7 Å². The molecule has 1 amide bonds. The molecule has 1 aliphatic carbocycles. The normalized spacial score (nSPS) is 22.2. The molecule has 2 atom stereocenters. The number of carbonyl (C=O) groups excluding carboxylic acids is 1. The fourth-order valence-corrected chi connectivity index (χ4v) is 3.57. The number of rotatable bonds is 4. The summed E-state index contributed by atoms with van der Waals surface area (Å²) in [6.45, 7) is 1.71. The Bertz CT molecular complexity index is 643. The number of nitrogens with two attached hydrogens (primary N) is 1. The van der Waals surface area contributed by atoms with E-state index in [9.17, 15) is 13.2 Å². The maximum absolute atomic E-state index is 12.1. The van der Waals surface area contributed by atoms with Crippen molar-refractivity contribution in [2.45, 2.75) is 37.1 Å². The maximum atomic E-state index is 12.1. The minimum absolute atomic E-state index is 0.0824. The summed E-state index contributed by atoms with van der Waals surface area (Å²) in [6.07, 6.45) is 2.31. The number of aryl methyl sites for hydroxylation is 1. The van der Waals surface area contributed by atoms with Crippen molar-refractivity contribution in [3.8, 4) is 0 Å². The molecule has 1 aliphatic rings. The largest absolute Gasteiger partial charge is 0.328 e. The second kappa shape index (κ2) is 6.13. The Morgan fingerprint density at radius 2 is 2.05 bits per heavy atom. The van der Waals surface area contributed by atoms with Crippen LogP contribution >= 0.6 is 0 Å². The molecule has 4 N–H and O–H groups in total. The number of anilines is 1. The quantitative estimate of drug-likeness (QED) is 0.771. The fraction of sp³-hybridized carbons (Fsp3) is 0.500. The Morgan fingerprint density at radius 3 is 2.62 bits per heavy atom. The van der Waals surface area contributed by atoms with Crippen LogP contribution in [0, 0.1) is 12.8 Å². The second-order valence-corrected chi connectivity index (χ2v) is 7.30. The van der Waals surface area contributed by atoms with E-state index in [0.717, 1.165) is 12.8 Å². The summed E-state index contributed by atoms with van der Waals surface area (Å²) in [7, 11) is -2.18. The van der Waals surface area contributed by atoms with Crippen LogP contribution in [0.5, 0.6) is 0 Å². The van der Waals surface area contributed by atoms with Gasteiger partial charge in [-0.3, -0.25) is 4.79 Å². The molecule has 1 fully saturated rings. The molecule has 116 valence electrons. The maximum Gasteiger partial charge on any atom is 0.240 e. The zero-order chi connectivity index (χ0) is 15.6. The molecule has 0 heterocycles. The monoisotopic (exact) mass is 311 g/mol. The van der Waals surface area contributed by atoms with Crippen LogP contribution in [0.1, 0.15) is 24.8 Å². The van der Waals surface area contributed by atoms with E-state index in [1.54, 1.807) is 19.1 Å². The predicted octanol–water partition coefficient (Wildman–Crippen LogP) is 0.969. The van der Waals surface area contributed by atoms with Gasteiger partial charge in [0.2, 0.25) is 15.9 Å². The minimum atomic E-state index is -3.54. The van der Waals surface area contributed by atoms with Gasteiger partial charge in [0.05, 0.1) is 4.90 Å². The van der Waals surface area contributed by atoms with Crippen molar-refractivity contribution in [2.75, 3.05) is 12.4 Å². The van der Waals surface area contributed by atoms with Gasteiger partial charge in [-0.25, -0.2) is 13.1 Å². The van der Waals surface area contributed by atoms with Gasteiger partial charge in [0.1, 0.15) is 0 Å². The van der Waals surface area contributed by atoms with E-state index in [1.165, 1.54) is 13.1 Å². The third kappa shape index (κ3) is 3.61. The van der Waals surface area contributed by atoms with Crippen LogP contribution in [0.3, 0.4) is 0 Å². The first-order chi connectivity index (χ1) is 9.83. The molecule has 0 spiro atoms. The Morgan fingerprint density at radius 1 is 1.33 bits per heavy atom. The Kier molecular flexibility index (Phi) is 4.65. The summed E-state index contributed by atoms with van der Waals surface area (Å²) >= 11 is 0. The molecular formula is C14H21N3O3S. The van der Waals surface area contributed by atoms with Crippen molar-refractivity contribution in [3.63, 3.8) is 0 Å². The molecular weight excluding hydrogens is 290 g/mol. The molecule has 21 heavy (non-hydrogen) atoms. The first-order valence-corrected chi connectivity index (χ1v) is 8.42. The van der Waals surface area contributed by atoms with E-state index in [-0.39, 0.29) is 22.8 Å². The van der Waals surface area contributed by atoms with Crippen LogP contribution in [0.25, 0.3) is 0 Å². The molecule has 7 heteroatoms. The van der Waals surface area contributed by atoms with Gasteiger partial charge in [-0.05, 0) is 50.9 Å². The average molecular weight is 311 g/mol. The van der Waals surface area contributed by atoms with Gasteiger partial charge in [0.25, 0.3) is 0 Å². The Hall–Kier alpha value is -1.44. The number of hydrogen-bond acceptors (Lipinski definition) is 4. The lowest BCUT2D eigenvalue weighted by molar-refractivity contribution is -0.119. The highest BCUT2D eigenvalue weighted by Gasteiger charge is 2.28. The van der Waals surface area contributed by atoms with Crippen molar-refractivity contribution in [2.24, 2.45) is 11.7 Å². The van der Waals surface area contributed by atoms with Crippen LogP contribution in [0.4, 0.5) is 5.69 Å². The van der Waals surface area contributed by atoms with Gasteiger partial charge in [0.15, 0.2) is 0 Å². The lowest BCUT2D eigenvalue weighted by Crippen LogP contribution is -2.24. The van der Waals surface area contributed by atoms with Crippen LogP contribution in [-0.2, 0) is 14.8 Å². The second-order valence-electron chi connectivity index (χ2n) is 5.45. The summed E-state index contributed by atoms with van der Waals surface area (Å²) in [6, 6.07) is 4.95. The molecule has 0 aliphatic heterocycles. The number of benzene rings is 1. The molecule has 2 unspecified atom stereocenters. The third-order valence-electron chi connectivity index (χ3n) is 3.86. The van der Waals surface area contributed by atoms with Crippen molar-refractivity contribution in [1.82, 2.24) is 4.72 Å². The number of amides is 1. The van der Waals surface area contributed by atoms with Crippen LogP contribution < -0.4 is 15.8 Å². The molecule has 6 nitrogen and oxygen atoms in total. The van der Waals surface area contributed by atoms with Crippen molar-refractivity contribution >= 4 is 21.6 Å². The van der Waals surface area contributed by atoms with Crippen molar-refractivity contribution in [1.29, 1.82) is 0 Å². The lowest BCUT2D eigenvalue weighted by Gasteiger charge is -2.13. The molecule has 0 bridgehead atoms. The summed E-state index contributed by atoms with van der Waals surface area (Å²) in [5.41, 5.74) is 6.92. The summed E-state index contributed by atoms with van der Waals surface area (Å²) in [5, 5.41) is 2.78. The highest BCUT2D eigenvalue weighted by molar-refractivity contribution is 7.89. The van der Waals surface area contributed by atoms with Crippen LogP contribution in [0.15, 0.2) is 23.1 Å². The molecule has 0 radical (unpaired) electrons. The Labute approximate surface area is 125 Å². The smallest absolute Gasteiger partial charge is 0.240 e. The SMILES string of the molecule is CNS(=O)(=O)c1cc(NC(=O)C2CCC(N)C2)ccc1C. The van der Waals surface area contributed by atoms with Gasteiger partial charge in [-0.2, -0.15) is 0 Å². The van der Waals surface area contributed by atoms with Gasteiger partial charge < -0.3 is 11.1 Å². The average Bonchev–Trinajstić information content (AvgIpc) is 2.87. The van der Waals surface area contributed by atoms with E-state index in [2.05, 4.69) is 10.0 Å². The standard InChI is InChI=1S/C14H21N3O3S/c1-9-3-6-12(8-13(9)21(19,20)16-2)17-14(18)10-4-5-11(15)7-10/h3,6,8,10-11,16H,4-5,7,15H2,1-2H3,(H,17,18). The number of sulfonamides is 1. The molecule has 1 aromatic rings. The lowest BCUT2D eigenvalue weighted by atomic mass is 10.1. The zero-order valence-electron chi connectivity index (χ0n) is 12.2. The molecule has 1 aromatic carbocycles. The Balaban J connectivity index is 2.18. The number of carbonyl (C=O) groups is 1. The van der Waals surface area contributed by atoms with Crippen LogP contribution in [0.2, 0.25) is 0 Å². The van der Waals surface area contributed by atoms with Gasteiger partial charge in [-0.15, -0.1) is 0 Å². The van der Waals surface area contributed by atoms with E-state index < -0.39 is 10.0 Å². The third-order valence-corrected chi connectivity index (χ3v) is 5.41. The molecule has 0 saturated heterocycles. The van der Waals surface area contributed by atoms with E-state index >= 15 is 0 Å².